The topological polar surface area (TPSA) is 56.5 Å². The summed E-state index contributed by atoms with van der Waals surface area (Å²) in [6.07, 6.45) is 0.909. The van der Waals surface area contributed by atoms with E-state index in [-0.39, 0.29) is 0 Å². The Bertz CT molecular complexity index is 626. The highest BCUT2D eigenvalue weighted by Crippen LogP contribution is 2.34. The fourth-order valence-corrected chi connectivity index (χ4v) is 2.17. The molecule has 0 unspecified atom stereocenters. The van der Waals surface area contributed by atoms with Crippen LogP contribution in [0, 0.1) is 6.92 Å². The van der Waals surface area contributed by atoms with Crippen LogP contribution in [0.25, 0.3) is 0 Å². The first-order valence-corrected chi connectivity index (χ1v) is 6.75. The molecule has 4 nitrogen and oxygen atoms in total. The van der Waals surface area contributed by atoms with E-state index in [9.17, 15) is 0 Å². The van der Waals surface area contributed by atoms with E-state index in [4.69, 9.17) is 15.2 Å². The van der Waals surface area contributed by atoms with Crippen molar-refractivity contribution in [2.75, 3.05) is 24.3 Å². The number of hydrogen-bond acceptors (Lipinski definition) is 4. The van der Waals surface area contributed by atoms with Crippen LogP contribution in [-0.2, 0) is 0 Å². The summed E-state index contributed by atoms with van der Waals surface area (Å²) in [6, 6.07) is 11.7. The van der Waals surface area contributed by atoms with E-state index in [1.807, 2.05) is 43.3 Å². The zero-order chi connectivity index (χ0) is 13.9. The lowest BCUT2D eigenvalue weighted by molar-refractivity contribution is 0.297. The average Bonchev–Trinajstić information content (AvgIpc) is 2.67. The lowest BCUT2D eigenvalue weighted by Crippen LogP contribution is -1.97. The molecular formula is C16H18N2O2. The first kappa shape index (κ1) is 12.7. The maximum Gasteiger partial charge on any atom is 0.163 e. The molecule has 4 heteroatoms. The maximum atomic E-state index is 5.83. The summed E-state index contributed by atoms with van der Waals surface area (Å²) in [4.78, 5) is 0. The molecule has 0 aliphatic carbocycles. The Hall–Kier alpha value is -2.36. The summed E-state index contributed by atoms with van der Waals surface area (Å²) in [5, 5.41) is 3.37. The number of aryl methyl sites for hydroxylation is 1. The van der Waals surface area contributed by atoms with Crippen LogP contribution < -0.4 is 20.5 Å². The lowest BCUT2D eigenvalue weighted by atomic mass is 10.1. The molecule has 0 atom stereocenters. The largest absolute Gasteiger partial charge is 0.490 e. The van der Waals surface area contributed by atoms with Gasteiger partial charge in [-0.05, 0) is 36.8 Å². The molecule has 104 valence electrons. The van der Waals surface area contributed by atoms with Crippen molar-refractivity contribution in [3.63, 3.8) is 0 Å². The third-order valence-electron chi connectivity index (χ3n) is 3.29. The van der Waals surface area contributed by atoms with Gasteiger partial charge in [-0.1, -0.05) is 6.07 Å². The van der Waals surface area contributed by atoms with Crippen LogP contribution in [0.3, 0.4) is 0 Å². The third kappa shape index (κ3) is 2.64. The molecule has 2 aromatic carbocycles. The van der Waals surface area contributed by atoms with Gasteiger partial charge in [0, 0.05) is 29.5 Å². The Morgan fingerprint density at radius 3 is 2.65 bits per heavy atom. The minimum Gasteiger partial charge on any atom is -0.490 e. The van der Waals surface area contributed by atoms with E-state index in [1.54, 1.807) is 0 Å². The molecule has 3 N–H and O–H groups in total. The Morgan fingerprint density at radius 1 is 1.00 bits per heavy atom. The number of nitrogen functional groups attached to an aromatic ring is 1. The molecule has 0 amide bonds. The smallest absolute Gasteiger partial charge is 0.163 e. The highest BCUT2D eigenvalue weighted by Gasteiger charge is 2.11. The van der Waals surface area contributed by atoms with Gasteiger partial charge in [-0.25, -0.2) is 0 Å². The van der Waals surface area contributed by atoms with Crippen molar-refractivity contribution >= 4 is 17.1 Å². The standard InChI is InChI=1S/C16H18N2O2/c1-11-3-4-12(17)9-14(11)18-13-5-6-15-16(10-13)20-8-2-7-19-15/h3-6,9-10,18H,2,7-8,17H2,1H3. The van der Waals surface area contributed by atoms with Gasteiger partial charge in [0.05, 0.1) is 13.2 Å². The van der Waals surface area contributed by atoms with E-state index in [0.29, 0.717) is 13.2 Å². The monoisotopic (exact) mass is 270 g/mol. The van der Waals surface area contributed by atoms with Crippen LogP contribution in [0.2, 0.25) is 0 Å². The first-order chi connectivity index (χ1) is 9.72. The van der Waals surface area contributed by atoms with Crippen molar-refractivity contribution in [1.82, 2.24) is 0 Å². The van der Waals surface area contributed by atoms with Crippen LogP contribution in [0.15, 0.2) is 36.4 Å². The minimum absolute atomic E-state index is 0.688. The molecule has 0 saturated heterocycles. The second-order valence-electron chi connectivity index (χ2n) is 4.91. The van der Waals surface area contributed by atoms with Crippen molar-refractivity contribution < 1.29 is 9.47 Å². The van der Waals surface area contributed by atoms with Gasteiger partial charge in [0.1, 0.15) is 0 Å². The first-order valence-electron chi connectivity index (χ1n) is 6.75. The number of anilines is 3. The minimum atomic E-state index is 0.688. The van der Waals surface area contributed by atoms with E-state index >= 15 is 0 Å². The second kappa shape index (κ2) is 5.33. The summed E-state index contributed by atoms with van der Waals surface area (Å²) in [7, 11) is 0. The Labute approximate surface area is 118 Å². The summed E-state index contributed by atoms with van der Waals surface area (Å²) in [5.74, 6) is 1.59. The number of ether oxygens (including phenoxy) is 2. The van der Waals surface area contributed by atoms with Crippen molar-refractivity contribution in [3.05, 3.63) is 42.0 Å². The Kier molecular flexibility index (Phi) is 3.37. The summed E-state index contributed by atoms with van der Waals surface area (Å²) in [6.45, 7) is 3.44. The molecular weight excluding hydrogens is 252 g/mol. The molecule has 1 aliphatic rings. The van der Waals surface area contributed by atoms with Gasteiger partial charge in [0.15, 0.2) is 11.5 Å². The lowest BCUT2D eigenvalue weighted by Gasteiger charge is -2.13. The van der Waals surface area contributed by atoms with Gasteiger partial charge in [-0.2, -0.15) is 0 Å². The number of rotatable bonds is 2. The van der Waals surface area contributed by atoms with Crippen molar-refractivity contribution in [1.29, 1.82) is 0 Å². The van der Waals surface area contributed by atoms with E-state index < -0.39 is 0 Å². The fraction of sp³-hybridized carbons (Fsp3) is 0.250. The highest BCUT2D eigenvalue weighted by molar-refractivity contribution is 5.68. The van der Waals surface area contributed by atoms with Crippen LogP contribution in [0.5, 0.6) is 11.5 Å². The fourth-order valence-electron chi connectivity index (χ4n) is 2.17. The Morgan fingerprint density at radius 2 is 1.80 bits per heavy atom. The predicted octanol–water partition coefficient (Wildman–Crippen LogP) is 3.48. The molecule has 1 aliphatic heterocycles. The van der Waals surface area contributed by atoms with Gasteiger partial charge in [0.25, 0.3) is 0 Å². The van der Waals surface area contributed by atoms with Gasteiger partial charge in [-0.3, -0.25) is 0 Å². The van der Waals surface area contributed by atoms with E-state index in [2.05, 4.69) is 5.32 Å². The van der Waals surface area contributed by atoms with Crippen LogP contribution in [0.1, 0.15) is 12.0 Å². The van der Waals surface area contributed by atoms with E-state index in [1.165, 1.54) is 0 Å². The van der Waals surface area contributed by atoms with Gasteiger partial charge < -0.3 is 20.5 Å². The molecule has 2 aromatic rings. The van der Waals surface area contributed by atoms with Gasteiger partial charge in [-0.15, -0.1) is 0 Å². The van der Waals surface area contributed by atoms with Crippen molar-refractivity contribution in [2.45, 2.75) is 13.3 Å². The number of hydrogen-bond donors (Lipinski definition) is 2. The highest BCUT2D eigenvalue weighted by atomic mass is 16.5. The zero-order valence-electron chi connectivity index (χ0n) is 11.5. The number of nitrogens with one attached hydrogen (secondary N) is 1. The zero-order valence-corrected chi connectivity index (χ0v) is 11.5. The van der Waals surface area contributed by atoms with Crippen LogP contribution in [0.4, 0.5) is 17.1 Å². The molecule has 0 spiro atoms. The van der Waals surface area contributed by atoms with Crippen molar-refractivity contribution in [3.8, 4) is 11.5 Å². The number of benzene rings is 2. The molecule has 3 rings (SSSR count). The number of fused-ring (bicyclic) bond motifs is 1. The van der Waals surface area contributed by atoms with Gasteiger partial charge >= 0.3 is 0 Å². The molecule has 0 aromatic heterocycles. The molecule has 0 fully saturated rings. The summed E-state index contributed by atoms with van der Waals surface area (Å²) >= 11 is 0. The quantitative estimate of drug-likeness (QED) is 0.820. The normalized spacial score (nSPS) is 13.7. The predicted molar refractivity (Wildman–Crippen MR) is 80.9 cm³/mol. The van der Waals surface area contributed by atoms with Crippen LogP contribution in [-0.4, -0.2) is 13.2 Å². The number of nitrogens with two attached hydrogens (primary N) is 1. The second-order valence-corrected chi connectivity index (χ2v) is 4.91. The molecule has 0 bridgehead atoms. The molecule has 1 heterocycles. The average molecular weight is 270 g/mol. The molecule has 0 radical (unpaired) electrons. The van der Waals surface area contributed by atoms with E-state index in [0.717, 1.165) is 40.5 Å². The Balaban J connectivity index is 1.87. The van der Waals surface area contributed by atoms with Gasteiger partial charge in [0.2, 0.25) is 0 Å². The molecule has 0 saturated carbocycles. The third-order valence-corrected chi connectivity index (χ3v) is 3.29. The SMILES string of the molecule is Cc1ccc(N)cc1Nc1ccc2c(c1)OCCCO2. The molecule has 20 heavy (non-hydrogen) atoms. The maximum absolute atomic E-state index is 5.83. The summed E-state index contributed by atoms with van der Waals surface area (Å²) < 4.78 is 11.3. The van der Waals surface area contributed by atoms with Crippen LogP contribution >= 0.6 is 0 Å². The summed E-state index contributed by atoms with van der Waals surface area (Å²) in [5.41, 5.74) is 9.68. The van der Waals surface area contributed by atoms with Crippen molar-refractivity contribution in [2.24, 2.45) is 0 Å².